The van der Waals surface area contributed by atoms with Crippen molar-refractivity contribution >= 4 is 10.7 Å². The van der Waals surface area contributed by atoms with Crippen LogP contribution in [0.25, 0.3) is 0 Å². The van der Waals surface area contributed by atoms with E-state index in [4.69, 9.17) is 0 Å². The molecule has 0 spiro atoms. The average Bonchev–Trinajstić information content (AvgIpc) is 2.80. The molecule has 1 fully saturated rings. The summed E-state index contributed by atoms with van der Waals surface area (Å²) in [7, 11) is 2.16. The van der Waals surface area contributed by atoms with Gasteiger partial charge in [-0.2, -0.15) is 0 Å². The van der Waals surface area contributed by atoms with Gasteiger partial charge in [-0.25, -0.2) is 0 Å². The zero-order valence-corrected chi connectivity index (χ0v) is 12.4. The third-order valence-corrected chi connectivity index (χ3v) is 5.84. The Bertz CT molecular complexity index is 367. The molecule has 2 unspecified atom stereocenters. The van der Waals surface area contributed by atoms with Gasteiger partial charge in [-0.05, 0) is 32.1 Å². The molecule has 2 atom stereocenters. The second-order valence-electron chi connectivity index (χ2n) is 5.45. The van der Waals surface area contributed by atoms with E-state index in [2.05, 4.69) is 16.2 Å². The molecule has 0 amide bonds. The van der Waals surface area contributed by atoms with Crippen LogP contribution in [0.3, 0.4) is 0 Å². The zero-order valence-electron chi connectivity index (χ0n) is 11.6. The largest absolute Gasteiger partial charge is 0.393 e. The van der Waals surface area contributed by atoms with Crippen molar-refractivity contribution in [3.05, 3.63) is 21.9 Å². The molecular weight excluding hydrogens is 242 g/mol. The van der Waals surface area contributed by atoms with Gasteiger partial charge < -0.3 is 5.11 Å². The Morgan fingerprint density at radius 2 is 2.11 bits per heavy atom. The Morgan fingerprint density at radius 1 is 1.39 bits per heavy atom. The molecule has 1 aromatic heterocycles. The number of hydrogen-bond acceptors (Lipinski definition) is 2. The van der Waals surface area contributed by atoms with Crippen molar-refractivity contribution in [3.8, 4) is 0 Å². The fraction of sp³-hybridized carbons (Fsp3) is 0.733. The first-order valence-electron chi connectivity index (χ1n) is 7.22. The van der Waals surface area contributed by atoms with Crippen LogP contribution in [-0.4, -0.2) is 18.3 Å². The van der Waals surface area contributed by atoms with Crippen LogP contribution in [0.2, 0.25) is 0 Å². The van der Waals surface area contributed by atoms with Crippen LogP contribution in [0.4, 0.5) is 0 Å². The van der Waals surface area contributed by atoms with Crippen LogP contribution in [0.15, 0.2) is 11.4 Å². The molecule has 1 aliphatic rings. The minimum absolute atomic E-state index is 0.118. The summed E-state index contributed by atoms with van der Waals surface area (Å²) in [5.74, 6) is 0.782. The van der Waals surface area contributed by atoms with Gasteiger partial charge >= 0.3 is 0 Å². The van der Waals surface area contributed by atoms with Gasteiger partial charge in [-0.3, -0.25) is 0 Å². The molecule has 0 saturated heterocycles. The molecule has 1 aliphatic carbocycles. The van der Waals surface area contributed by atoms with Crippen LogP contribution in [-0.2, 0) is 6.42 Å². The van der Waals surface area contributed by atoms with Crippen molar-refractivity contribution in [3.63, 3.8) is 0 Å². The van der Waals surface area contributed by atoms with Gasteiger partial charge in [-0.15, -0.1) is 4.72 Å². The molecule has 0 bridgehead atoms. The highest BCUT2D eigenvalue weighted by molar-refractivity contribution is 7.31. The Morgan fingerprint density at radius 3 is 2.72 bits per heavy atom. The van der Waals surface area contributed by atoms with Crippen LogP contribution in [0, 0.1) is 0 Å². The molecule has 2 rings (SSSR count). The lowest BCUT2D eigenvalue weighted by molar-refractivity contribution is 0.185. The maximum atomic E-state index is 9.51. The number of aliphatic hydroxyl groups excluding tert-OH is 1. The summed E-state index contributed by atoms with van der Waals surface area (Å²) in [6, 6.07) is 2.35. The zero-order chi connectivity index (χ0) is 13.0. The summed E-state index contributed by atoms with van der Waals surface area (Å²) < 4.78 is 3.41. The lowest BCUT2D eigenvalue weighted by atomic mass is 9.84. The molecule has 3 heteroatoms. The van der Waals surface area contributed by atoms with Crippen molar-refractivity contribution < 1.29 is 5.11 Å². The second kappa shape index (κ2) is 6.69. The predicted molar refractivity (Wildman–Crippen MR) is 80.0 cm³/mol. The maximum absolute atomic E-state index is 9.51. The topological polar surface area (TPSA) is 32.3 Å². The van der Waals surface area contributed by atoms with Crippen LogP contribution >= 0.6 is 10.7 Å². The van der Waals surface area contributed by atoms with Gasteiger partial charge in [-0.1, -0.05) is 19.3 Å². The standard InChI is InChI=1S/C15H26NOS/c1-12(17)8-9-15-14(10-11-18(15)16-2)13-6-4-3-5-7-13/h10-13,16-17H,3-9H2,1-2H3/q+1. The monoisotopic (exact) mass is 268 g/mol. The minimum atomic E-state index is -0.187. The molecule has 1 saturated carbocycles. The van der Waals surface area contributed by atoms with E-state index >= 15 is 0 Å². The van der Waals surface area contributed by atoms with Gasteiger partial charge in [0.15, 0.2) is 10.3 Å². The van der Waals surface area contributed by atoms with Crippen molar-refractivity contribution in [2.24, 2.45) is 0 Å². The van der Waals surface area contributed by atoms with Crippen LogP contribution in [0.1, 0.15) is 61.8 Å². The van der Waals surface area contributed by atoms with E-state index in [1.165, 1.54) is 32.1 Å². The number of thiophene rings is 1. The summed E-state index contributed by atoms with van der Waals surface area (Å²) in [6.07, 6.45) is 8.65. The van der Waals surface area contributed by atoms with E-state index < -0.39 is 0 Å². The lowest BCUT2D eigenvalue weighted by Crippen LogP contribution is -2.08. The highest BCUT2D eigenvalue weighted by Crippen LogP contribution is 2.39. The Hall–Kier alpha value is -0.380. The van der Waals surface area contributed by atoms with Crippen LogP contribution in [0.5, 0.6) is 0 Å². The number of hydrogen-bond donors (Lipinski definition) is 2. The first-order valence-corrected chi connectivity index (χ1v) is 8.51. The summed E-state index contributed by atoms with van der Waals surface area (Å²) in [5.41, 5.74) is 1.59. The van der Waals surface area contributed by atoms with Crippen molar-refractivity contribution in [2.75, 3.05) is 11.8 Å². The fourth-order valence-corrected chi connectivity index (χ4v) is 4.66. The Balaban J connectivity index is 2.14. The smallest absolute Gasteiger partial charge is 0.175 e. The molecule has 1 aromatic rings. The lowest BCUT2D eigenvalue weighted by Gasteiger charge is -2.21. The molecule has 18 heavy (non-hydrogen) atoms. The van der Waals surface area contributed by atoms with Gasteiger partial charge in [0.2, 0.25) is 0 Å². The van der Waals surface area contributed by atoms with E-state index in [1.807, 2.05) is 14.0 Å². The normalized spacial score (nSPS) is 20.1. The summed E-state index contributed by atoms with van der Waals surface area (Å²) in [6.45, 7) is 1.89. The van der Waals surface area contributed by atoms with E-state index in [9.17, 15) is 5.11 Å². The maximum Gasteiger partial charge on any atom is 0.175 e. The number of aliphatic hydroxyl groups is 1. The number of nitrogens with one attached hydrogen (secondary N) is 1. The van der Waals surface area contributed by atoms with Gasteiger partial charge in [0, 0.05) is 25.1 Å². The molecular formula is C15H26NOS+. The fourth-order valence-electron chi connectivity index (χ4n) is 3.01. The molecule has 2 N–H and O–H groups in total. The Kier molecular flexibility index (Phi) is 5.22. The minimum Gasteiger partial charge on any atom is -0.393 e. The van der Waals surface area contributed by atoms with Gasteiger partial charge in [0.25, 0.3) is 0 Å². The van der Waals surface area contributed by atoms with Crippen molar-refractivity contribution in [1.29, 1.82) is 0 Å². The molecule has 102 valence electrons. The second-order valence-corrected chi connectivity index (χ2v) is 7.29. The predicted octanol–water partition coefficient (Wildman–Crippen LogP) is 3.97. The van der Waals surface area contributed by atoms with E-state index in [-0.39, 0.29) is 16.8 Å². The number of rotatable bonds is 5. The molecule has 0 aliphatic heterocycles. The van der Waals surface area contributed by atoms with Gasteiger partial charge in [0.1, 0.15) is 0 Å². The third-order valence-electron chi connectivity index (χ3n) is 4.03. The van der Waals surface area contributed by atoms with E-state index in [0.29, 0.717) is 0 Å². The van der Waals surface area contributed by atoms with Gasteiger partial charge in [0.05, 0.1) is 16.8 Å². The highest BCUT2D eigenvalue weighted by Gasteiger charge is 2.26. The van der Waals surface area contributed by atoms with Crippen LogP contribution < -0.4 is 4.72 Å². The first-order chi connectivity index (χ1) is 8.72. The highest BCUT2D eigenvalue weighted by atomic mass is 32.2. The van der Waals surface area contributed by atoms with E-state index in [0.717, 1.165) is 18.8 Å². The van der Waals surface area contributed by atoms with E-state index in [1.54, 1.807) is 10.4 Å². The molecule has 0 aromatic carbocycles. The molecule has 1 heterocycles. The SMILES string of the molecule is CN[s+]1ccc(C2CCCCC2)c1CCC(C)O. The summed E-state index contributed by atoms with van der Waals surface area (Å²) in [4.78, 5) is 1.56. The third kappa shape index (κ3) is 3.34. The van der Waals surface area contributed by atoms with Crippen molar-refractivity contribution in [2.45, 2.75) is 63.9 Å². The van der Waals surface area contributed by atoms with Crippen molar-refractivity contribution in [1.82, 2.24) is 0 Å². The summed E-state index contributed by atoms with van der Waals surface area (Å²) in [5, 5.41) is 11.8. The molecule has 0 radical (unpaired) electrons. The summed E-state index contributed by atoms with van der Waals surface area (Å²) >= 11 is 0. The quantitative estimate of drug-likeness (QED) is 0.792. The Labute approximate surface area is 114 Å². The average molecular weight is 268 g/mol. The molecule has 2 nitrogen and oxygen atoms in total. The first kappa shape index (κ1) is 14.0.